The third-order valence-electron chi connectivity index (χ3n) is 2.94. The van der Waals surface area contributed by atoms with Crippen LogP contribution in [-0.2, 0) is 4.79 Å². The number of benzene rings is 2. The lowest BCUT2D eigenvalue weighted by atomic mass is 10.2. The molecule has 2 rings (SSSR count). The van der Waals surface area contributed by atoms with Crippen LogP contribution in [0.25, 0.3) is 0 Å². The van der Waals surface area contributed by atoms with Gasteiger partial charge in [-0.05, 0) is 36.4 Å². The molecule has 0 aliphatic heterocycles. The first-order valence-corrected chi connectivity index (χ1v) is 7.43. The first-order valence-electron chi connectivity index (χ1n) is 6.64. The number of amides is 2. The maximum Gasteiger partial charge on any atom is 0.306 e. The minimum Gasteiger partial charge on any atom is -0.343 e. The number of nitrogens with zero attached hydrogens (tertiary/aromatic N) is 1. The van der Waals surface area contributed by atoms with E-state index in [-0.39, 0.29) is 12.2 Å². The van der Waals surface area contributed by atoms with Gasteiger partial charge in [-0.2, -0.15) is 4.39 Å². The normalized spacial score (nSPS) is 10.1. The Kier molecular flexibility index (Phi) is 5.59. The fourth-order valence-corrected chi connectivity index (χ4v) is 2.06. The molecule has 0 saturated carbocycles. The maximum absolute atomic E-state index is 13.2. The summed E-state index contributed by atoms with van der Waals surface area (Å²) in [6, 6.07) is 9.52. The summed E-state index contributed by atoms with van der Waals surface area (Å²) in [5.74, 6) is -2.04. The van der Waals surface area contributed by atoms with Gasteiger partial charge in [0.15, 0.2) is 0 Å². The molecule has 0 bridgehead atoms. The van der Waals surface area contributed by atoms with Gasteiger partial charge in [-0.25, -0.2) is 0 Å². The molecule has 9 heteroatoms. The number of rotatable bonds is 5. The number of nitro groups is 1. The Morgan fingerprint density at radius 2 is 1.83 bits per heavy atom. The van der Waals surface area contributed by atoms with Crippen molar-refractivity contribution in [2.24, 2.45) is 0 Å². The van der Waals surface area contributed by atoms with Crippen LogP contribution >= 0.6 is 15.9 Å². The fraction of sp³-hybridized carbons (Fsp3) is 0.0667. The first-order chi connectivity index (χ1) is 11.4. The van der Waals surface area contributed by atoms with E-state index in [1.165, 1.54) is 6.07 Å². The Labute approximate surface area is 144 Å². The Balaban J connectivity index is 1.94. The SMILES string of the molecule is O=C(CNC(=O)c1ccc(Br)cc1)Nc1ccc(F)c([N+](=O)[O-])c1. The number of carbonyl (C=O) groups is 2. The second-order valence-electron chi connectivity index (χ2n) is 4.66. The average molecular weight is 396 g/mol. The number of hydrogen-bond donors (Lipinski definition) is 2. The van der Waals surface area contributed by atoms with Crippen LogP contribution in [0.2, 0.25) is 0 Å². The molecule has 0 heterocycles. The first kappa shape index (κ1) is 17.5. The highest BCUT2D eigenvalue weighted by Gasteiger charge is 2.15. The van der Waals surface area contributed by atoms with E-state index in [1.807, 2.05) is 0 Å². The van der Waals surface area contributed by atoms with Crippen molar-refractivity contribution in [3.05, 3.63) is 68.4 Å². The van der Waals surface area contributed by atoms with Gasteiger partial charge in [-0.15, -0.1) is 0 Å². The van der Waals surface area contributed by atoms with Gasteiger partial charge >= 0.3 is 5.69 Å². The molecular formula is C15H11BrFN3O4. The summed E-state index contributed by atoms with van der Waals surface area (Å²) in [4.78, 5) is 33.4. The molecule has 2 N–H and O–H groups in total. The molecule has 2 aromatic carbocycles. The maximum atomic E-state index is 13.2. The zero-order valence-corrected chi connectivity index (χ0v) is 13.7. The number of nitrogens with one attached hydrogen (secondary N) is 2. The van der Waals surface area contributed by atoms with Gasteiger partial charge in [0.1, 0.15) is 0 Å². The molecule has 0 aromatic heterocycles. The van der Waals surface area contributed by atoms with Gasteiger partial charge in [-0.1, -0.05) is 15.9 Å². The quantitative estimate of drug-likeness (QED) is 0.600. The van der Waals surface area contributed by atoms with Crippen molar-refractivity contribution >= 4 is 39.1 Å². The summed E-state index contributed by atoms with van der Waals surface area (Å²) in [6.45, 7) is -0.333. The van der Waals surface area contributed by atoms with Crippen LogP contribution in [-0.4, -0.2) is 23.3 Å². The van der Waals surface area contributed by atoms with Crippen LogP contribution in [0, 0.1) is 15.9 Å². The van der Waals surface area contributed by atoms with E-state index in [9.17, 15) is 24.1 Å². The summed E-state index contributed by atoms with van der Waals surface area (Å²) in [5, 5.41) is 15.4. The summed E-state index contributed by atoms with van der Waals surface area (Å²) >= 11 is 3.24. The second kappa shape index (κ2) is 7.64. The molecule has 24 heavy (non-hydrogen) atoms. The molecule has 0 aliphatic rings. The van der Waals surface area contributed by atoms with Crippen molar-refractivity contribution in [2.45, 2.75) is 0 Å². The van der Waals surface area contributed by atoms with Gasteiger partial charge < -0.3 is 10.6 Å². The average Bonchev–Trinajstić information content (AvgIpc) is 2.55. The van der Waals surface area contributed by atoms with E-state index in [0.717, 1.165) is 16.6 Å². The van der Waals surface area contributed by atoms with E-state index in [1.54, 1.807) is 24.3 Å². The molecule has 0 atom stereocenters. The third kappa shape index (κ3) is 4.59. The fourth-order valence-electron chi connectivity index (χ4n) is 1.80. The van der Waals surface area contributed by atoms with Gasteiger partial charge in [0, 0.05) is 21.8 Å². The zero-order chi connectivity index (χ0) is 17.7. The number of nitro benzene ring substituents is 1. The molecule has 0 radical (unpaired) electrons. The molecular weight excluding hydrogens is 385 g/mol. The summed E-state index contributed by atoms with van der Waals surface area (Å²) in [6.07, 6.45) is 0. The van der Waals surface area contributed by atoms with Crippen molar-refractivity contribution in [2.75, 3.05) is 11.9 Å². The van der Waals surface area contributed by atoms with Crippen LogP contribution in [0.5, 0.6) is 0 Å². The van der Waals surface area contributed by atoms with Crippen LogP contribution in [0.15, 0.2) is 46.9 Å². The predicted molar refractivity (Wildman–Crippen MR) is 88.2 cm³/mol. The molecule has 0 spiro atoms. The minimum absolute atomic E-state index is 0.0611. The molecule has 0 saturated heterocycles. The molecule has 0 fully saturated rings. The van der Waals surface area contributed by atoms with Crippen molar-refractivity contribution in [1.82, 2.24) is 5.32 Å². The van der Waals surface area contributed by atoms with E-state index >= 15 is 0 Å². The Hall–Kier alpha value is -2.81. The van der Waals surface area contributed by atoms with Crippen LogP contribution < -0.4 is 10.6 Å². The van der Waals surface area contributed by atoms with Crippen LogP contribution in [0.4, 0.5) is 15.8 Å². The van der Waals surface area contributed by atoms with Crippen molar-refractivity contribution in [3.63, 3.8) is 0 Å². The highest BCUT2D eigenvalue weighted by molar-refractivity contribution is 9.10. The lowest BCUT2D eigenvalue weighted by molar-refractivity contribution is -0.387. The lowest BCUT2D eigenvalue weighted by Gasteiger charge is -2.07. The van der Waals surface area contributed by atoms with E-state index in [0.29, 0.717) is 5.56 Å². The number of halogens is 2. The topological polar surface area (TPSA) is 101 Å². The molecule has 2 amide bonds. The van der Waals surface area contributed by atoms with E-state index in [2.05, 4.69) is 26.6 Å². The summed E-state index contributed by atoms with van der Waals surface area (Å²) in [5.41, 5.74) is -0.305. The van der Waals surface area contributed by atoms with Crippen LogP contribution in [0.3, 0.4) is 0 Å². The number of hydrogen-bond acceptors (Lipinski definition) is 4. The molecule has 0 aliphatic carbocycles. The highest BCUT2D eigenvalue weighted by atomic mass is 79.9. The monoisotopic (exact) mass is 395 g/mol. The number of anilines is 1. The van der Waals surface area contributed by atoms with Crippen molar-refractivity contribution < 1.29 is 18.9 Å². The molecule has 2 aromatic rings. The van der Waals surface area contributed by atoms with Crippen LogP contribution in [0.1, 0.15) is 10.4 Å². The van der Waals surface area contributed by atoms with Crippen molar-refractivity contribution in [1.29, 1.82) is 0 Å². The van der Waals surface area contributed by atoms with E-state index < -0.39 is 28.2 Å². The summed E-state index contributed by atoms with van der Waals surface area (Å²) < 4.78 is 14.0. The number of carbonyl (C=O) groups excluding carboxylic acids is 2. The molecule has 0 unspecified atom stereocenters. The van der Waals surface area contributed by atoms with Gasteiger partial charge in [0.25, 0.3) is 5.91 Å². The van der Waals surface area contributed by atoms with Gasteiger partial charge in [-0.3, -0.25) is 19.7 Å². The van der Waals surface area contributed by atoms with Crippen molar-refractivity contribution in [3.8, 4) is 0 Å². The smallest absolute Gasteiger partial charge is 0.306 e. The largest absolute Gasteiger partial charge is 0.343 e. The zero-order valence-electron chi connectivity index (χ0n) is 12.1. The predicted octanol–water partition coefficient (Wildman–Crippen LogP) is 2.86. The third-order valence-corrected chi connectivity index (χ3v) is 3.47. The molecule has 7 nitrogen and oxygen atoms in total. The van der Waals surface area contributed by atoms with Gasteiger partial charge in [0.05, 0.1) is 11.5 Å². The second-order valence-corrected chi connectivity index (χ2v) is 5.58. The highest BCUT2D eigenvalue weighted by Crippen LogP contribution is 2.21. The Bertz CT molecular complexity index is 796. The standard InChI is InChI=1S/C15H11BrFN3O4/c16-10-3-1-9(2-4-10)15(22)18-8-14(21)19-11-5-6-12(17)13(7-11)20(23)24/h1-7H,8H2,(H,18,22)(H,19,21). The van der Waals surface area contributed by atoms with Gasteiger partial charge in [0.2, 0.25) is 11.7 Å². The molecule has 124 valence electrons. The Morgan fingerprint density at radius 1 is 1.17 bits per heavy atom. The van der Waals surface area contributed by atoms with E-state index in [4.69, 9.17) is 0 Å². The minimum atomic E-state index is -0.999. The Morgan fingerprint density at radius 3 is 2.46 bits per heavy atom. The summed E-state index contributed by atoms with van der Waals surface area (Å²) in [7, 11) is 0. The lowest BCUT2D eigenvalue weighted by Crippen LogP contribution is -2.32.